The summed E-state index contributed by atoms with van der Waals surface area (Å²) in [5.41, 5.74) is 0. The van der Waals surface area contributed by atoms with Gasteiger partial charge in [-0.2, -0.15) is 0 Å². The van der Waals surface area contributed by atoms with Gasteiger partial charge in [0.15, 0.2) is 0 Å². The van der Waals surface area contributed by atoms with E-state index in [-0.39, 0.29) is 22.5 Å². The Bertz CT molecular complexity index is 616. The van der Waals surface area contributed by atoms with Crippen molar-refractivity contribution in [3.63, 3.8) is 0 Å². The van der Waals surface area contributed by atoms with Gasteiger partial charge in [-0.05, 0) is 0 Å². The van der Waals surface area contributed by atoms with E-state index in [1.807, 2.05) is 91.0 Å². The molecule has 0 aliphatic rings. The van der Waals surface area contributed by atoms with Crippen molar-refractivity contribution in [2.24, 2.45) is 0 Å². The Balaban J connectivity index is 1.85. The monoisotopic (exact) mass is 414 g/mol. The summed E-state index contributed by atoms with van der Waals surface area (Å²) in [6.07, 6.45) is 0. The molecule has 0 amide bonds. The molecule has 0 saturated heterocycles. The quantitative estimate of drug-likeness (QED) is 0.459. The van der Waals surface area contributed by atoms with E-state index in [2.05, 4.69) is 0 Å². The van der Waals surface area contributed by atoms with Crippen LogP contribution in [-0.4, -0.2) is 26.5 Å². The predicted molar refractivity (Wildman–Crippen MR) is 93.9 cm³/mol. The summed E-state index contributed by atoms with van der Waals surface area (Å²) in [4.78, 5) is 0. The number of hydrogen-bond acceptors (Lipinski definition) is 3. The van der Waals surface area contributed by atoms with Crippen LogP contribution >= 0.6 is 0 Å². The summed E-state index contributed by atoms with van der Waals surface area (Å²) >= 11 is -0.131. The molecule has 23 heavy (non-hydrogen) atoms. The van der Waals surface area contributed by atoms with Crippen molar-refractivity contribution >= 4 is 22.5 Å². The van der Waals surface area contributed by atoms with Crippen LogP contribution in [0.4, 0.5) is 0 Å². The molecule has 116 valence electrons. The molecule has 0 heterocycles. The molecule has 0 aliphatic heterocycles. The van der Waals surface area contributed by atoms with Gasteiger partial charge in [-0.25, -0.2) is 0 Å². The van der Waals surface area contributed by atoms with Crippen LogP contribution in [0.25, 0.3) is 0 Å². The van der Waals surface area contributed by atoms with Crippen LogP contribution in [0.2, 0.25) is 0 Å². The molecule has 0 aromatic heterocycles. The average molecular weight is 413 g/mol. The predicted octanol–water partition coefficient (Wildman–Crippen LogP) is 3.20. The van der Waals surface area contributed by atoms with Gasteiger partial charge in [0, 0.05) is 0 Å². The Hall–Kier alpha value is -2.14. The van der Waals surface area contributed by atoms with Gasteiger partial charge < -0.3 is 0 Å². The zero-order valence-corrected chi connectivity index (χ0v) is 18.6. The van der Waals surface area contributed by atoms with Crippen molar-refractivity contribution in [2.45, 2.75) is 3.99 Å². The molecule has 0 spiro atoms. The molecule has 0 aliphatic carbocycles. The van der Waals surface area contributed by atoms with Crippen LogP contribution in [0, 0.1) is 0 Å². The first kappa shape index (κ1) is 15.7. The number of hydrogen-bond donors (Lipinski definition) is 0. The Morgan fingerprint density at radius 2 is 0.739 bits per heavy atom. The molecular formula is C19H18O3Sn. The maximum absolute atomic E-state index is 6.06. The zero-order chi connectivity index (χ0) is 16.0. The van der Waals surface area contributed by atoms with E-state index < -0.39 is 3.99 Å². The number of rotatable bonds is 6. The van der Waals surface area contributed by atoms with Crippen LogP contribution in [-0.2, 0) is 0 Å². The zero-order valence-electron chi connectivity index (χ0n) is 12.9. The van der Waals surface area contributed by atoms with Crippen molar-refractivity contribution in [2.75, 3.05) is 0 Å². The van der Waals surface area contributed by atoms with Crippen LogP contribution in [0.15, 0.2) is 91.0 Å². The van der Waals surface area contributed by atoms with Crippen molar-refractivity contribution < 1.29 is 14.2 Å². The molecule has 3 nitrogen and oxygen atoms in total. The number of benzene rings is 3. The van der Waals surface area contributed by atoms with Crippen LogP contribution in [0.3, 0.4) is 0 Å². The molecular weight excluding hydrogens is 395 g/mol. The molecule has 3 aromatic carbocycles. The van der Waals surface area contributed by atoms with E-state index in [9.17, 15) is 0 Å². The van der Waals surface area contributed by atoms with Crippen LogP contribution in [0.5, 0.6) is 17.2 Å². The van der Waals surface area contributed by atoms with E-state index in [0.717, 1.165) is 17.2 Å². The van der Waals surface area contributed by atoms with E-state index >= 15 is 0 Å². The molecule has 0 saturated carbocycles. The van der Waals surface area contributed by atoms with Crippen molar-refractivity contribution in [3.05, 3.63) is 91.0 Å². The summed E-state index contributed by atoms with van der Waals surface area (Å²) in [5, 5.41) is 0. The Morgan fingerprint density at radius 1 is 0.478 bits per heavy atom. The second kappa shape index (κ2) is 7.42. The van der Waals surface area contributed by atoms with Gasteiger partial charge in [0.05, 0.1) is 0 Å². The van der Waals surface area contributed by atoms with E-state index in [4.69, 9.17) is 14.2 Å². The van der Waals surface area contributed by atoms with Gasteiger partial charge in [0.25, 0.3) is 0 Å². The second-order valence-electron chi connectivity index (χ2n) is 5.11. The second-order valence-corrected chi connectivity index (χ2v) is 8.60. The standard InChI is InChI=1S/C19H15O3.Sn.3H/c1-4-10-16(11-5-1)20-19(21-17-12-6-2-7-13-17)22-18-14-8-3-9-15-18;;;;/h1-15H;;;;. The fourth-order valence-electron chi connectivity index (χ4n) is 2.17. The maximum atomic E-state index is 6.06. The van der Waals surface area contributed by atoms with Crippen LogP contribution < -0.4 is 14.2 Å². The normalized spacial score (nSPS) is 11.0. The first-order chi connectivity index (χ1) is 11.2. The SMILES string of the molecule is [SnH3][C](Oc1ccccc1)(Oc1ccccc1)Oc1ccccc1. The van der Waals surface area contributed by atoms with Gasteiger partial charge in [-0.3, -0.25) is 0 Å². The molecule has 0 unspecified atom stereocenters. The molecule has 4 heteroatoms. The van der Waals surface area contributed by atoms with E-state index in [1.54, 1.807) is 0 Å². The summed E-state index contributed by atoms with van der Waals surface area (Å²) in [7, 11) is 0. The van der Waals surface area contributed by atoms with Gasteiger partial charge in [-0.1, -0.05) is 0 Å². The van der Waals surface area contributed by atoms with Gasteiger partial charge in [0.2, 0.25) is 0 Å². The minimum absolute atomic E-state index is 0.131. The molecule has 0 fully saturated rings. The summed E-state index contributed by atoms with van der Waals surface area (Å²) in [6, 6.07) is 28.8. The van der Waals surface area contributed by atoms with E-state index in [0.29, 0.717) is 0 Å². The Labute approximate surface area is 148 Å². The third-order valence-corrected chi connectivity index (χ3v) is 4.89. The van der Waals surface area contributed by atoms with Crippen molar-refractivity contribution in [3.8, 4) is 17.2 Å². The molecule has 0 radical (unpaired) electrons. The molecule has 3 aromatic rings. The Morgan fingerprint density at radius 3 is 1.00 bits per heavy atom. The van der Waals surface area contributed by atoms with Crippen LogP contribution in [0.1, 0.15) is 0 Å². The summed E-state index contributed by atoms with van der Waals surface area (Å²) in [6.45, 7) is 0. The fraction of sp³-hybridized carbons (Fsp3) is 0.0526. The van der Waals surface area contributed by atoms with E-state index in [1.165, 1.54) is 0 Å². The summed E-state index contributed by atoms with van der Waals surface area (Å²) in [5.74, 6) is 2.16. The molecule has 0 bridgehead atoms. The third kappa shape index (κ3) is 4.66. The van der Waals surface area contributed by atoms with Crippen molar-refractivity contribution in [1.29, 1.82) is 0 Å². The first-order valence-corrected chi connectivity index (χ1v) is 10.3. The first-order valence-electron chi connectivity index (χ1n) is 7.46. The van der Waals surface area contributed by atoms with Gasteiger partial charge in [-0.15, -0.1) is 0 Å². The Kier molecular flexibility index (Phi) is 5.08. The third-order valence-electron chi connectivity index (χ3n) is 3.14. The van der Waals surface area contributed by atoms with Crippen molar-refractivity contribution in [1.82, 2.24) is 0 Å². The number of ether oxygens (including phenoxy) is 3. The van der Waals surface area contributed by atoms with Gasteiger partial charge >= 0.3 is 149 Å². The molecule has 0 atom stereocenters. The average Bonchev–Trinajstić information content (AvgIpc) is 2.57. The minimum atomic E-state index is -1.08. The fourth-order valence-corrected chi connectivity index (χ4v) is 4.19. The molecule has 0 N–H and O–H groups in total. The topological polar surface area (TPSA) is 27.7 Å². The summed E-state index contributed by atoms with van der Waals surface area (Å²) < 4.78 is 17.1. The number of para-hydroxylation sites is 3. The molecule has 3 rings (SSSR count). The van der Waals surface area contributed by atoms with Gasteiger partial charge in [0.1, 0.15) is 0 Å².